The molecule has 0 saturated carbocycles. The van der Waals surface area contributed by atoms with Crippen LogP contribution in [-0.2, 0) is 0 Å². The average Bonchev–Trinajstić information content (AvgIpc) is 2.14. The third-order valence-corrected chi connectivity index (χ3v) is 2.32. The van der Waals surface area contributed by atoms with Gasteiger partial charge in [0.15, 0.2) is 0 Å². The Kier molecular flexibility index (Phi) is 4.03. The fourth-order valence-electron chi connectivity index (χ4n) is 1.07. The van der Waals surface area contributed by atoms with Gasteiger partial charge in [0.25, 0.3) is 0 Å². The first-order valence-corrected chi connectivity index (χ1v) is 5.05. The molecule has 0 aliphatic carbocycles. The van der Waals surface area contributed by atoms with Gasteiger partial charge in [-0.15, -0.1) is 11.6 Å². The predicted molar refractivity (Wildman–Crippen MR) is 57.4 cm³/mol. The molecular formula is C10H15ClN2. The second kappa shape index (κ2) is 5.07. The van der Waals surface area contributed by atoms with Crippen molar-refractivity contribution in [2.75, 3.05) is 11.2 Å². The van der Waals surface area contributed by atoms with E-state index in [9.17, 15) is 0 Å². The maximum atomic E-state index is 5.77. The number of pyridine rings is 1. The molecule has 3 heteroatoms. The average molecular weight is 199 g/mol. The first-order valence-electron chi connectivity index (χ1n) is 4.51. The Morgan fingerprint density at radius 1 is 1.62 bits per heavy atom. The van der Waals surface area contributed by atoms with E-state index in [1.54, 1.807) is 6.20 Å². The van der Waals surface area contributed by atoms with Gasteiger partial charge in [-0.3, -0.25) is 0 Å². The summed E-state index contributed by atoms with van der Waals surface area (Å²) in [4.78, 5) is 4.21. The van der Waals surface area contributed by atoms with Crippen LogP contribution in [0, 0.1) is 6.92 Å². The van der Waals surface area contributed by atoms with Gasteiger partial charge in [0, 0.05) is 18.1 Å². The second-order valence-corrected chi connectivity index (χ2v) is 3.43. The smallest absolute Gasteiger partial charge is 0.126 e. The molecular weight excluding hydrogens is 184 g/mol. The molecule has 1 rings (SSSR count). The number of nitrogens with zero attached hydrogens (tertiary/aromatic N) is 1. The molecule has 1 atom stereocenters. The Bertz CT molecular complexity index is 259. The Morgan fingerprint density at radius 2 is 2.38 bits per heavy atom. The van der Waals surface area contributed by atoms with Gasteiger partial charge >= 0.3 is 0 Å². The Balaban J connectivity index is 2.62. The highest BCUT2D eigenvalue weighted by Crippen LogP contribution is 2.08. The van der Waals surface area contributed by atoms with Gasteiger partial charge in [-0.1, -0.05) is 6.92 Å². The number of aryl methyl sites for hydroxylation is 1. The second-order valence-electron chi connectivity index (χ2n) is 3.12. The van der Waals surface area contributed by atoms with E-state index in [1.807, 2.05) is 12.1 Å². The summed E-state index contributed by atoms with van der Waals surface area (Å²) in [7, 11) is 0. The summed E-state index contributed by atoms with van der Waals surface area (Å²) in [6, 6.07) is 4.32. The van der Waals surface area contributed by atoms with Gasteiger partial charge in [-0.05, 0) is 31.0 Å². The number of alkyl halides is 1. The van der Waals surface area contributed by atoms with E-state index in [4.69, 9.17) is 11.6 Å². The molecule has 72 valence electrons. The summed E-state index contributed by atoms with van der Waals surface area (Å²) in [6.45, 7) is 4.16. The molecule has 0 saturated heterocycles. The largest absolute Gasteiger partial charge is 0.366 e. The van der Waals surface area contributed by atoms with Gasteiger partial charge in [0.1, 0.15) is 5.82 Å². The van der Waals surface area contributed by atoms with E-state index >= 15 is 0 Å². The van der Waals surface area contributed by atoms with Gasteiger partial charge in [-0.2, -0.15) is 0 Å². The van der Waals surface area contributed by atoms with E-state index in [1.165, 1.54) is 5.56 Å². The van der Waals surface area contributed by atoms with E-state index in [0.717, 1.165) is 12.2 Å². The summed E-state index contributed by atoms with van der Waals surface area (Å²) < 4.78 is 0. The van der Waals surface area contributed by atoms with E-state index in [0.29, 0.717) is 11.9 Å². The van der Waals surface area contributed by atoms with Crippen LogP contribution in [0.25, 0.3) is 0 Å². The predicted octanol–water partition coefficient (Wildman–Crippen LogP) is 2.82. The minimum absolute atomic E-state index is 0.316. The summed E-state index contributed by atoms with van der Waals surface area (Å²) in [5.41, 5.74) is 1.21. The van der Waals surface area contributed by atoms with Crippen LogP contribution < -0.4 is 5.32 Å². The monoisotopic (exact) mass is 198 g/mol. The molecule has 0 bridgehead atoms. The van der Waals surface area contributed by atoms with Crippen LogP contribution in [0.1, 0.15) is 18.9 Å². The standard InChI is InChI=1S/C10H15ClN2/c1-3-9(7-11)13-10-6-8(2)4-5-12-10/h4-6,9H,3,7H2,1-2H3,(H,12,13). The normalized spacial score (nSPS) is 12.5. The van der Waals surface area contributed by atoms with Crippen molar-refractivity contribution in [2.24, 2.45) is 0 Å². The van der Waals surface area contributed by atoms with Crippen molar-refractivity contribution in [1.82, 2.24) is 4.98 Å². The quantitative estimate of drug-likeness (QED) is 0.753. The molecule has 2 nitrogen and oxygen atoms in total. The van der Waals surface area contributed by atoms with Gasteiger partial charge in [0.05, 0.1) is 0 Å². The number of aromatic nitrogens is 1. The van der Waals surface area contributed by atoms with E-state index in [2.05, 4.69) is 24.1 Å². The summed E-state index contributed by atoms with van der Waals surface area (Å²) in [6.07, 6.45) is 2.82. The lowest BCUT2D eigenvalue weighted by molar-refractivity contribution is 0.765. The van der Waals surface area contributed by atoms with Crippen LogP contribution in [-0.4, -0.2) is 16.9 Å². The molecule has 0 fully saturated rings. The van der Waals surface area contributed by atoms with Crippen LogP contribution >= 0.6 is 11.6 Å². The van der Waals surface area contributed by atoms with Gasteiger partial charge in [0.2, 0.25) is 0 Å². The summed E-state index contributed by atoms with van der Waals surface area (Å²) in [5, 5.41) is 3.28. The highest BCUT2D eigenvalue weighted by Gasteiger charge is 2.03. The zero-order valence-electron chi connectivity index (χ0n) is 8.05. The minimum Gasteiger partial charge on any atom is -0.366 e. The molecule has 0 radical (unpaired) electrons. The maximum absolute atomic E-state index is 5.77. The lowest BCUT2D eigenvalue weighted by Crippen LogP contribution is -2.20. The molecule has 0 aliphatic rings. The fourth-order valence-corrected chi connectivity index (χ4v) is 1.37. The van der Waals surface area contributed by atoms with Crippen molar-refractivity contribution in [3.05, 3.63) is 23.9 Å². The zero-order valence-corrected chi connectivity index (χ0v) is 8.80. The molecule has 1 N–H and O–H groups in total. The first kappa shape index (κ1) is 10.3. The number of rotatable bonds is 4. The number of halogens is 1. The number of hydrogen-bond donors (Lipinski definition) is 1. The molecule has 0 aliphatic heterocycles. The Morgan fingerprint density at radius 3 is 2.92 bits per heavy atom. The third kappa shape index (κ3) is 3.23. The van der Waals surface area contributed by atoms with Crippen molar-refractivity contribution < 1.29 is 0 Å². The topological polar surface area (TPSA) is 24.9 Å². The van der Waals surface area contributed by atoms with Crippen molar-refractivity contribution in [3.8, 4) is 0 Å². The number of nitrogens with one attached hydrogen (secondary N) is 1. The highest BCUT2D eigenvalue weighted by molar-refractivity contribution is 6.18. The number of hydrogen-bond acceptors (Lipinski definition) is 2. The van der Waals surface area contributed by atoms with Crippen molar-refractivity contribution in [3.63, 3.8) is 0 Å². The van der Waals surface area contributed by atoms with Gasteiger partial charge in [-0.25, -0.2) is 4.98 Å². The van der Waals surface area contributed by atoms with E-state index in [-0.39, 0.29) is 0 Å². The van der Waals surface area contributed by atoms with Gasteiger partial charge < -0.3 is 5.32 Å². The highest BCUT2D eigenvalue weighted by atomic mass is 35.5. The SMILES string of the molecule is CCC(CCl)Nc1cc(C)ccn1. The molecule has 0 amide bonds. The first-order chi connectivity index (χ1) is 6.26. The number of anilines is 1. The summed E-state index contributed by atoms with van der Waals surface area (Å²) >= 11 is 5.77. The van der Waals surface area contributed by atoms with Crippen LogP contribution in [0.15, 0.2) is 18.3 Å². The Hall–Kier alpha value is -0.760. The van der Waals surface area contributed by atoms with Crippen LogP contribution in [0.4, 0.5) is 5.82 Å². The minimum atomic E-state index is 0.316. The molecule has 1 heterocycles. The lowest BCUT2D eigenvalue weighted by Gasteiger charge is -2.14. The van der Waals surface area contributed by atoms with Crippen LogP contribution in [0.3, 0.4) is 0 Å². The zero-order chi connectivity index (χ0) is 9.68. The van der Waals surface area contributed by atoms with E-state index < -0.39 is 0 Å². The molecule has 13 heavy (non-hydrogen) atoms. The van der Waals surface area contributed by atoms with Crippen molar-refractivity contribution >= 4 is 17.4 Å². The molecule has 1 aromatic rings. The van der Waals surface area contributed by atoms with Crippen LogP contribution in [0.5, 0.6) is 0 Å². The van der Waals surface area contributed by atoms with Crippen molar-refractivity contribution in [2.45, 2.75) is 26.3 Å². The molecule has 1 unspecified atom stereocenters. The molecule has 0 aromatic carbocycles. The fraction of sp³-hybridized carbons (Fsp3) is 0.500. The lowest BCUT2D eigenvalue weighted by atomic mass is 10.2. The third-order valence-electron chi connectivity index (χ3n) is 1.95. The summed E-state index contributed by atoms with van der Waals surface area (Å²) in [5.74, 6) is 1.53. The Labute approximate surface area is 84.3 Å². The molecule has 0 spiro atoms. The van der Waals surface area contributed by atoms with Crippen LogP contribution in [0.2, 0.25) is 0 Å². The molecule has 1 aromatic heterocycles. The van der Waals surface area contributed by atoms with Crippen molar-refractivity contribution in [1.29, 1.82) is 0 Å². The maximum Gasteiger partial charge on any atom is 0.126 e.